The number of nitrogens with one attached hydrogen (secondary N) is 2. The Morgan fingerprint density at radius 1 is 1.17 bits per heavy atom. The minimum Gasteiger partial charge on any atom is -0.357 e. The van der Waals surface area contributed by atoms with Gasteiger partial charge in [0.25, 0.3) is 0 Å². The van der Waals surface area contributed by atoms with Gasteiger partial charge in [-0.15, -0.1) is 0 Å². The second-order valence-electron chi connectivity index (χ2n) is 5.79. The third-order valence-corrected chi connectivity index (χ3v) is 3.76. The van der Waals surface area contributed by atoms with E-state index in [1.54, 1.807) is 0 Å². The molecule has 0 amide bonds. The van der Waals surface area contributed by atoms with Gasteiger partial charge in [-0.25, -0.2) is 4.39 Å². The molecule has 0 aromatic heterocycles. The number of rotatable bonds is 9. The number of nitrogens with zero attached hydrogens (tertiary/aromatic N) is 2. The molecule has 4 nitrogen and oxygen atoms in total. The Labute approximate surface area is 140 Å². The molecule has 0 saturated heterocycles. The zero-order valence-electron chi connectivity index (χ0n) is 14.9. The van der Waals surface area contributed by atoms with Gasteiger partial charge in [0, 0.05) is 25.7 Å². The molecule has 0 fully saturated rings. The van der Waals surface area contributed by atoms with E-state index in [4.69, 9.17) is 0 Å². The van der Waals surface area contributed by atoms with Crippen molar-refractivity contribution < 1.29 is 4.39 Å². The van der Waals surface area contributed by atoms with Crippen LogP contribution in [0.3, 0.4) is 0 Å². The molecule has 0 aliphatic rings. The first kappa shape index (κ1) is 19.4. The molecule has 0 spiro atoms. The number of halogens is 1. The molecule has 0 atom stereocenters. The van der Waals surface area contributed by atoms with Crippen LogP contribution in [0.2, 0.25) is 0 Å². The van der Waals surface area contributed by atoms with Gasteiger partial charge in [0.05, 0.1) is 6.54 Å². The Morgan fingerprint density at radius 3 is 2.43 bits per heavy atom. The van der Waals surface area contributed by atoms with Gasteiger partial charge < -0.3 is 10.6 Å². The van der Waals surface area contributed by atoms with Crippen molar-refractivity contribution in [3.05, 3.63) is 35.6 Å². The summed E-state index contributed by atoms with van der Waals surface area (Å²) >= 11 is 0. The number of benzene rings is 1. The van der Waals surface area contributed by atoms with E-state index < -0.39 is 0 Å². The van der Waals surface area contributed by atoms with Crippen LogP contribution >= 0.6 is 0 Å². The lowest BCUT2D eigenvalue weighted by molar-refractivity contribution is 0.240. The van der Waals surface area contributed by atoms with Crippen molar-refractivity contribution in [3.8, 4) is 0 Å². The normalized spacial score (nSPS) is 12.0. The SMILES string of the molecule is CCNC(=NCCN(CC)C(C)C)NCCc1ccc(F)cc1. The van der Waals surface area contributed by atoms with Crippen LogP contribution in [0.4, 0.5) is 4.39 Å². The molecule has 1 aromatic carbocycles. The number of aliphatic imine (C=N–C) groups is 1. The summed E-state index contributed by atoms with van der Waals surface area (Å²) in [7, 11) is 0. The number of likely N-dealkylation sites (N-methyl/N-ethyl adjacent to an activating group) is 1. The Morgan fingerprint density at radius 2 is 1.87 bits per heavy atom. The van der Waals surface area contributed by atoms with Crippen LogP contribution in [0.25, 0.3) is 0 Å². The van der Waals surface area contributed by atoms with Gasteiger partial charge >= 0.3 is 0 Å². The van der Waals surface area contributed by atoms with Gasteiger partial charge in [0.2, 0.25) is 0 Å². The molecule has 0 aliphatic carbocycles. The van der Waals surface area contributed by atoms with Crippen LogP contribution in [0, 0.1) is 5.82 Å². The lowest BCUT2D eigenvalue weighted by atomic mass is 10.1. The quantitative estimate of drug-likeness (QED) is 0.542. The lowest BCUT2D eigenvalue weighted by Gasteiger charge is -2.23. The van der Waals surface area contributed by atoms with Crippen LogP contribution < -0.4 is 10.6 Å². The summed E-state index contributed by atoms with van der Waals surface area (Å²) in [5.74, 6) is 0.650. The maximum atomic E-state index is 12.9. The summed E-state index contributed by atoms with van der Waals surface area (Å²) in [6.07, 6.45) is 0.845. The minimum absolute atomic E-state index is 0.192. The molecular weight excluding hydrogens is 291 g/mol. The molecule has 0 saturated carbocycles. The average Bonchev–Trinajstić information content (AvgIpc) is 2.53. The van der Waals surface area contributed by atoms with Crippen LogP contribution in [0.5, 0.6) is 0 Å². The first-order valence-corrected chi connectivity index (χ1v) is 8.57. The van der Waals surface area contributed by atoms with Crippen molar-refractivity contribution in [3.63, 3.8) is 0 Å². The van der Waals surface area contributed by atoms with Gasteiger partial charge in [-0.1, -0.05) is 19.1 Å². The maximum absolute atomic E-state index is 12.9. The topological polar surface area (TPSA) is 39.7 Å². The number of guanidine groups is 1. The highest BCUT2D eigenvalue weighted by molar-refractivity contribution is 5.79. The first-order valence-electron chi connectivity index (χ1n) is 8.57. The van der Waals surface area contributed by atoms with E-state index in [-0.39, 0.29) is 5.82 Å². The zero-order valence-corrected chi connectivity index (χ0v) is 14.9. The van der Waals surface area contributed by atoms with E-state index in [1.807, 2.05) is 12.1 Å². The van der Waals surface area contributed by atoms with E-state index in [0.717, 1.165) is 50.7 Å². The molecule has 0 bridgehead atoms. The molecule has 0 radical (unpaired) electrons. The summed E-state index contributed by atoms with van der Waals surface area (Å²) in [5, 5.41) is 6.59. The summed E-state index contributed by atoms with van der Waals surface area (Å²) in [6.45, 7) is 13.0. The Kier molecular flexibility index (Phi) is 9.29. The largest absolute Gasteiger partial charge is 0.357 e. The first-order chi connectivity index (χ1) is 11.1. The zero-order chi connectivity index (χ0) is 17.1. The molecule has 0 aliphatic heterocycles. The van der Waals surface area contributed by atoms with Crippen molar-refractivity contribution >= 4 is 5.96 Å². The standard InChI is InChI=1S/C18H31FN4/c1-5-20-18(22-13-14-23(6-2)15(3)4)21-12-11-16-7-9-17(19)10-8-16/h7-10,15H,5-6,11-14H2,1-4H3,(H2,20,21,22). The van der Waals surface area contributed by atoms with Crippen molar-refractivity contribution in [2.75, 3.05) is 32.7 Å². The molecule has 1 rings (SSSR count). The smallest absolute Gasteiger partial charge is 0.191 e. The number of hydrogen-bond donors (Lipinski definition) is 2. The van der Waals surface area contributed by atoms with Crippen molar-refractivity contribution in [2.45, 2.75) is 40.2 Å². The fourth-order valence-electron chi connectivity index (χ4n) is 2.39. The maximum Gasteiger partial charge on any atom is 0.191 e. The highest BCUT2D eigenvalue weighted by atomic mass is 19.1. The van der Waals surface area contributed by atoms with Gasteiger partial charge in [-0.2, -0.15) is 0 Å². The molecule has 1 aromatic rings. The second-order valence-corrected chi connectivity index (χ2v) is 5.79. The molecule has 0 unspecified atom stereocenters. The van der Waals surface area contributed by atoms with Crippen LogP contribution in [0.1, 0.15) is 33.3 Å². The van der Waals surface area contributed by atoms with Crippen LogP contribution in [-0.2, 0) is 6.42 Å². The van der Waals surface area contributed by atoms with E-state index in [0.29, 0.717) is 6.04 Å². The van der Waals surface area contributed by atoms with Gasteiger partial charge in [0.1, 0.15) is 5.82 Å². The third-order valence-electron chi connectivity index (χ3n) is 3.76. The van der Waals surface area contributed by atoms with E-state index >= 15 is 0 Å². The molecule has 2 N–H and O–H groups in total. The molecular formula is C18H31FN4. The lowest BCUT2D eigenvalue weighted by Crippen LogP contribution is -2.39. The summed E-state index contributed by atoms with van der Waals surface area (Å²) in [6, 6.07) is 7.19. The van der Waals surface area contributed by atoms with Crippen molar-refractivity contribution in [2.24, 2.45) is 4.99 Å². The summed E-state index contributed by atoms with van der Waals surface area (Å²) < 4.78 is 12.9. The van der Waals surface area contributed by atoms with Gasteiger partial charge in [-0.05, 0) is 51.4 Å². The van der Waals surface area contributed by atoms with Gasteiger partial charge in [-0.3, -0.25) is 9.89 Å². The molecule has 5 heteroatoms. The monoisotopic (exact) mass is 322 g/mol. The summed E-state index contributed by atoms with van der Waals surface area (Å²) in [5.41, 5.74) is 1.12. The highest BCUT2D eigenvalue weighted by Gasteiger charge is 2.05. The summed E-state index contributed by atoms with van der Waals surface area (Å²) in [4.78, 5) is 7.02. The predicted octanol–water partition coefficient (Wildman–Crippen LogP) is 2.65. The fraction of sp³-hybridized carbons (Fsp3) is 0.611. The Hall–Kier alpha value is -1.62. The highest BCUT2D eigenvalue weighted by Crippen LogP contribution is 2.02. The predicted molar refractivity (Wildman–Crippen MR) is 96.5 cm³/mol. The van der Waals surface area contributed by atoms with Crippen LogP contribution in [-0.4, -0.2) is 49.6 Å². The molecule has 23 heavy (non-hydrogen) atoms. The van der Waals surface area contributed by atoms with E-state index in [1.165, 1.54) is 12.1 Å². The van der Waals surface area contributed by atoms with Crippen LogP contribution in [0.15, 0.2) is 29.3 Å². The molecule has 0 heterocycles. The third kappa shape index (κ3) is 7.98. The van der Waals surface area contributed by atoms with Gasteiger partial charge in [0.15, 0.2) is 5.96 Å². The van der Waals surface area contributed by atoms with Crippen molar-refractivity contribution in [1.29, 1.82) is 0 Å². The Bertz CT molecular complexity index is 457. The average molecular weight is 322 g/mol. The minimum atomic E-state index is -0.192. The second kappa shape index (κ2) is 11.0. The fourth-order valence-corrected chi connectivity index (χ4v) is 2.39. The number of hydrogen-bond acceptors (Lipinski definition) is 2. The van der Waals surface area contributed by atoms with E-state index in [2.05, 4.69) is 48.2 Å². The van der Waals surface area contributed by atoms with Crippen molar-refractivity contribution in [1.82, 2.24) is 15.5 Å². The Balaban J connectivity index is 2.41. The molecule has 130 valence electrons. The van der Waals surface area contributed by atoms with E-state index in [9.17, 15) is 4.39 Å².